The molecule has 1 atom stereocenters. The predicted molar refractivity (Wildman–Crippen MR) is 122 cm³/mol. The van der Waals surface area contributed by atoms with Crippen LogP contribution in [0.1, 0.15) is 69.5 Å². The molecule has 0 radical (unpaired) electrons. The highest BCUT2D eigenvalue weighted by Crippen LogP contribution is 2.34. The van der Waals surface area contributed by atoms with Gasteiger partial charge in [0.05, 0.1) is 6.04 Å². The van der Waals surface area contributed by atoms with E-state index in [9.17, 15) is 4.79 Å². The first kappa shape index (κ1) is 20.4. The second kappa shape index (κ2) is 8.47. The molecule has 0 saturated heterocycles. The van der Waals surface area contributed by atoms with Crippen molar-refractivity contribution >= 4 is 23.1 Å². The van der Waals surface area contributed by atoms with Gasteiger partial charge < -0.3 is 15.5 Å². The van der Waals surface area contributed by atoms with E-state index in [-0.39, 0.29) is 17.2 Å². The minimum Gasteiger partial charge on any atom is -0.386 e. The van der Waals surface area contributed by atoms with Crippen LogP contribution in [0, 0.1) is 5.41 Å². The Labute approximate surface area is 180 Å². The number of nitrogens with zero attached hydrogens (tertiary/aromatic N) is 1. The Morgan fingerprint density at radius 2 is 1.97 bits per heavy atom. The maximum Gasteiger partial charge on any atom is 0.169 e. The summed E-state index contributed by atoms with van der Waals surface area (Å²) in [5, 5.41) is 8.12. The first-order chi connectivity index (χ1) is 13.9. The van der Waals surface area contributed by atoms with Crippen molar-refractivity contribution in [2.45, 2.75) is 70.9 Å². The summed E-state index contributed by atoms with van der Waals surface area (Å²) in [5.74, 6) is 0.225. The lowest BCUT2D eigenvalue weighted by molar-refractivity contribution is -0.117. The lowest BCUT2D eigenvalue weighted by atomic mass is 9.79. The third-order valence-corrected chi connectivity index (χ3v) is 6.89. The van der Waals surface area contributed by atoms with Gasteiger partial charge in [-0.05, 0) is 54.4 Å². The number of nitrogens with one attached hydrogen (secondary N) is 2. The summed E-state index contributed by atoms with van der Waals surface area (Å²) in [5.41, 5.74) is 3.85. The van der Waals surface area contributed by atoms with Crippen molar-refractivity contribution in [1.29, 1.82) is 0 Å². The minimum atomic E-state index is 0.0255. The van der Waals surface area contributed by atoms with Crippen LogP contribution in [-0.4, -0.2) is 34.9 Å². The number of carbonyl (C=O) groups is 1. The van der Waals surface area contributed by atoms with E-state index in [0.29, 0.717) is 12.5 Å². The molecule has 0 unspecified atom stereocenters. The molecule has 1 aromatic rings. The minimum absolute atomic E-state index is 0.0255. The van der Waals surface area contributed by atoms with Crippen LogP contribution >= 0.6 is 12.2 Å². The van der Waals surface area contributed by atoms with Crippen LogP contribution in [-0.2, 0) is 11.2 Å². The van der Waals surface area contributed by atoms with Crippen molar-refractivity contribution in [1.82, 2.24) is 15.5 Å². The fourth-order valence-corrected chi connectivity index (χ4v) is 5.52. The molecule has 1 aliphatic heterocycles. The smallest absolute Gasteiger partial charge is 0.169 e. The van der Waals surface area contributed by atoms with E-state index >= 15 is 0 Å². The van der Waals surface area contributed by atoms with E-state index in [1.54, 1.807) is 6.08 Å². The molecule has 1 heterocycles. The van der Waals surface area contributed by atoms with Gasteiger partial charge in [-0.25, -0.2) is 0 Å². The predicted octanol–water partition coefficient (Wildman–Crippen LogP) is 4.27. The maximum atomic E-state index is 12.1. The molecule has 0 bridgehead atoms. The molecule has 5 heteroatoms. The van der Waals surface area contributed by atoms with Crippen molar-refractivity contribution in [3.05, 3.63) is 47.2 Å². The van der Waals surface area contributed by atoms with Crippen molar-refractivity contribution in [3.8, 4) is 0 Å². The number of hydrogen-bond acceptors (Lipinski definition) is 3. The number of hydrogen-bond donors (Lipinski definition) is 2. The molecule has 2 aliphatic carbocycles. The lowest BCUT2D eigenvalue weighted by Crippen LogP contribution is -2.50. The lowest BCUT2D eigenvalue weighted by Gasteiger charge is -2.40. The number of ketones is 1. The van der Waals surface area contributed by atoms with Gasteiger partial charge in [0.25, 0.3) is 0 Å². The number of allylic oxidation sites excluding steroid dienone is 2. The fourth-order valence-electron chi connectivity index (χ4n) is 5.13. The molecule has 1 saturated carbocycles. The zero-order valence-corrected chi connectivity index (χ0v) is 18.5. The maximum absolute atomic E-state index is 12.1. The average Bonchev–Trinajstić information content (AvgIpc) is 3.17. The number of carbonyl (C=O) groups excluding carboxylic acids is 1. The van der Waals surface area contributed by atoms with Gasteiger partial charge in [0.2, 0.25) is 0 Å². The number of thiocarbonyl (C=S) groups is 1. The molecule has 3 aliphatic rings. The van der Waals surface area contributed by atoms with Crippen LogP contribution in [0.3, 0.4) is 0 Å². The zero-order chi connectivity index (χ0) is 20.4. The summed E-state index contributed by atoms with van der Waals surface area (Å²) >= 11 is 5.86. The van der Waals surface area contributed by atoms with Gasteiger partial charge in [0.15, 0.2) is 10.9 Å². The highest BCUT2D eigenvalue weighted by molar-refractivity contribution is 7.80. The Hall–Kier alpha value is -1.88. The summed E-state index contributed by atoms with van der Waals surface area (Å²) in [7, 11) is 0. The topological polar surface area (TPSA) is 44.4 Å². The van der Waals surface area contributed by atoms with Crippen molar-refractivity contribution < 1.29 is 4.79 Å². The third kappa shape index (κ3) is 4.82. The Morgan fingerprint density at radius 1 is 1.21 bits per heavy atom. The number of benzene rings is 1. The second-order valence-electron chi connectivity index (χ2n) is 9.62. The number of fused-ring (bicyclic) bond motifs is 1. The Morgan fingerprint density at radius 3 is 2.72 bits per heavy atom. The summed E-state index contributed by atoms with van der Waals surface area (Å²) in [6.07, 6.45) is 9.41. The highest BCUT2D eigenvalue weighted by Gasteiger charge is 2.32. The first-order valence-electron chi connectivity index (χ1n) is 11.0. The van der Waals surface area contributed by atoms with Gasteiger partial charge in [-0.2, -0.15) is 0 Å². The normalized spacial score (nSPS) is 24.1. The van der Waals surface area contributed by atoms with Gasteiger partial charge in [-0.3, -0.25) is 4.79 Å². The Kier molecular flexibility index (Phi) is 5.95. The van der Waals surface area contributed by atoms with Crippen LogP contribution in [0.4, 0.5) is 0 Å². The van der Waals surface area contributed by atoms with Crippen molar-refractivity contribution in [3.63, 3.8) is 0 Å². The highest BCUT2D eigenvalue weighted by atomic mass is 32.1. The molecule has 0 amide bonds. The van der Waals surface area contributed by atoms with Crippen LogP contribution in [0.5, 0.6) is 0 Å². The number of rotatable bonds is 4. The molecule has 4 rings (SSSR count). The quantitative estimate of drug-likeness (QED) is 0.725. The van der Waals surface area contributed by atoms with Gasteiger partial charge in [0.1, 0.15) is 0 Å². The molecule has 0 aromatic heterocycles. The van der Waals surface area contributed by atoms with E-state index in [1.165, 1.54) is 36.8 Å². The summed E-state index contributed by atoms with van der Waals surface area (Å²) in [6.45, 7) is 6.04. The van der Waals surface area contributed by atoms with E-state index in [1.807, 2.05) is 0 Å². The molecule has 1 fully saturated rings. The van der Waals surface area contributed by atoms with Crippen LogP contribution in [0.15, 0.2) is 36.0 Å². The average molecular weight is 412 g/mol. The molecule has 156 valence electrons. The van der Waals surface area contributed by atoms with Crippen LogP contribution in [0.2, 0.25) is 0 Å². The SMILES string of the molecule is CC1(C)CC(=O)C=C(NC[C@@H]2c3ccccc3CCN2C(=S)NC2CCCC2)C1. The van der Waals surface area contributed by atoms with E-state index < -0.39 is 0 Å². The molecule has 2 N–H and O–H groups in total. The van der Waals surface area contributed by atoms with Crippen LogP contribution in [0.25, 0.3) is 0 Å². The van der Waals surface area contributed by atoms with Gasteiger partial charge in [-0.15, -0.1) is 0 Å². The van der Waals surface area contributed by atoms with E-state index in [4.69, 9.17) is 12.2 Å². The molecule has 1 aromatic carbocycles. The van der Waals surface area contributed by atoms with E-state index in [0.717, 1.165) is 36.7 Å². The summed E-state index contributed by atoms with van der Waals surface area (Å²) in [4.78, 5) is 14.5. The standard InChI is InChI=1S/C24H33N3OS/c1-24(2)14-19(13-20(28)15-24)25-16-22-21-10-6-3-7-17(21)11-12-27(22)23(29)26-18-8-4-5-9-18/h3,6-7,10,13,18,22,25H,4-5,8-9,11-12,14-16H2,1-2H3,(H,26,29)/t22-/m1/s1. The first-order valence-corrected chi connectivity index (χ1v) is 11.4. The zero-order valence-electron chi connectivity index (χ0n) is 17.7. The fraction of sp³-hybridized carbons (Fsp3) is 0.583. The van der Waals surface area contributed by atoms with Gasteiger partial charge in [0, 0.05) is 37.3 Å². The summed E-state index contributed by atoms with van der Waals surface area (Å²) < 4.78 is 0. The van der Waals surface area contributed by atoms with E-state index in [2.05, 4.69) is 53.6 Å². The molecular weight excluding hydrogens is 378 g/mol. The van der Waals surface area contributed by atoms with Crippen molar-refractivity contribution in [2.24, 2.45) is 5.41 Å². The van der Waals surface area contributed by atoms with Crippen LogP contribution < -0.4 is 10.6 Å². The molecule has 29 heavy (non-hydrogen) atoms. The third-order valence-electron chi connectivity index (χ3n) is 6.54. The molecular formula is C24H33N3OS. The second-order valence-corrected chi connectivity index (χ2v) is 10.0. The Bertz CT molecular complexity index is 810. The summed E-state index contributed by atoms with van der Waals surface area (Å²) in [6, 6.07) is 9.42. The van der Waals surface area contributed by atoms with Gasteiger partial charge >= 0.3 is 0 Å². The molecule has 0 spiro atoms. The Balaban J connectivity index is 1.51. The molecule has 4 nitrogen and oxygen atoms in total. The monoisotopic (exact) mass is 411 g/mol. The van der Waals surface area contributed by atoms with Gasteiger partial charge in [-0.1, -0.05) is 51.0 Å². The largest absolute Gasteiger partial charge is 0.386 e. The van der Waals surface area contributed by atoms with Crippen molar-refractivity contribution in [2.75, 3.05) is 13.1 Å².